The standard InChI is InChI=1S/C8H6N4/c9-3-5-2-8-6(1-7(5)10)4-11-12-8/h1-2,4H,10H2,(H,11,12). The summed E-state index contributed by atoms with van der Waals surface area (Å²) in [5.74, 6) is 0. The van der Waals surface area contributed by atoms with Crippen molar-refractivity contribution in [2.45, 2.75) is 0 Å². The molecule has 0 aliphatic rings. The second-order valence-electron chi connectivity index (χ2n) is 2.51. The number of aromatic nitrogens is 2. The molecule has 2 aromatic rings. The molecule has 1 aromatic carbocycles. The number of hydrogen-bond acceptors (Lipinski definition) is 3. The van der Waals surface area contributed by atoms with Crippen LogP contribution in [0.2, 0.25) is 0 Å². The van der Waals surface area contributed by atoms with Gasteiger partial charge in [-0.3, -0.25) is 5.10 Å². The lowest BCUT2D eigenvalue weighted by atomic mass is 10.1. The molecule has 0 aliphatic carbocycles. The molecule has 0 atom stereocenters. The Hall–Kier alpha value is -2.02. The summed E-state index contributed by atoms with van der Waals surface area (Å²) in [6, 6.07) is 5.43. The number of rotatable bonds is 0. The Morgan fingerprint density at radius 1 is 1.50 bits per heavy atom. The number of anilines is 1. The number of nitrogens with two attached hydrogens (primary N) is 1. The number of fused-ring (bicyclic) bond motifs is 1. The van der Waals surface area contributed by atoms with Crippen LogP contribution >= 0.6 is 0 Å². The van der Waals surface area contributed by atoms with Gasteiger partial charge < -0.3 is 5.73 Å². The number of nitrogens with one attached hydrogen (secondary N) is 1. The van der Waals surface area contributed by atoms with Crippen molar-refractivity contribution in [3.63, 3.8) is 0 Å². The molecular weight excluding hydrogens is 152 g/mol. The second-order valence-corrected chi connectivity index (χ2v) is 2.51. The summed E-state index contributed by atoms with van der Waals surface area (Å²) in [6.45, 7) is 0. The Morgan fingerprint density at radius 2 is 2.33 bits per heavy atom. The van der Waals surface area contributed by atoms with E-state index in [-0.39, 0.29) is 0 Å². The van der Waals surface area contributed by atoms with E-state index in [2.05, 4.69) is 10.2 Å². The first-order valence-corrected chi connectivity index (χ1v) is 3.44. The number of hydrogen-bond donors (Lipinski definition) is 2. The van der Waals surface area contributed by atoms with Crippen LogP contribution in [-0.4, -0.2) is 10.2 Å². The van der Waals surface area contributed by atoms with Gasteiger partial charge in [-0.25, -0.2) is 0 Å². The van der Waals surface area contributed by atoms with Gasteiger partial charge in [-0.05, 0) is 12.1 Å². The van der Waals surface area contributed by atoms with Gasteiger partial charge in [-0.15, -0.1) is 0 Å². The highest BCUT2D eigenvalue weighted by Gasteiger charge is 2.01. The molecule has 0 saturated heterocycles. The lowest BCUT2D eigenvalue weighted by Gasteiger charge is -1.95. The third-order valence-corrected chi connectivity index (χ3v) is 1.73. The number of nitrogen functional groups attached to an aromatic ring is 1. The number of H-pyrrole nitrogens is 1. The topological polar surface area (TPSA) is 78.5 Å². The molecule has 0 amide bonds. The molecule has 3 N–H and O–H groups in total. The molecule has 4 nitrogen and oxygen atoms in total. The maximum atomic E-state index is 8.65. The Kier molecular flexibility index (Phi) is 1.25. The number of nitriles is 1. The van der Waals surface area contributed by atoms with Crippen molar-refractivity contribution in [1.82, 2.24) is 10.2 Å². The first kappa shape index (κ1) is 6.68. The van der Waals surface area contributed by atoms with E-state index in [9.17, 15) is 0 Å². The predicted molar refractivity (Wildman–Crippen MR) is 45.2 cm³/mol. The average Bonchev–Trinajstić information content (AvgIpc) is 2.49. The molecule has 0 radical (unpaired) electrons. The van der Waals surface area contributed by atoms with Crippen LogP contribution in [-0.2, 0) is 0 Å². The fourth-order valence-electron chi connectivity index (χ4n) is 1.11. The fraction of sp³-hybridized carbons (Fsp3) is 0. The normalized spacial score (nSPS) is 9.92. The third-order valence-electron chi connectivity index (χ3n) is 1.73. The average molecular weight is 158 g/mol. The Morgan fingerprint density at radius 3 is 3.08 bits per heavy atom. The van der Waals surface area contributed by atoms with Crippen LogP contribution in [0.15, 0.2) is 18.3 Å². The SMILES string of the molecule is N#Cc1cc2[nH]ncc2cc1N. The minimum Gasteiger partial charge on any atom is -0.398 e. The lowest BCUT2D eigenvalue weighted by molar-refractivity contribution is 1.12. The maximum Gasteiger partial charge on any atom is 0.101 e. The molecule has 58 valence electrons. The molecule has 0 unspecified atom stereocenters. The highest BCUT2D eigenvalue weighted by atomic mass is 15.1. The predicted octanol–water partition coefficient (Wildman–Crippen LogP) is 1.02. The summed E-state index contributed by atoms with van der Waals surface area (Å²) in [5, 5.41) is 16.2. The van der Waals surface area contributed by atoms with E-state index >= 15 is 0 Å². The molecule has 2 rings (SSSR count). The van der Waals surface area contributed by atoms with Gasteiger partial charge in [0.25, 0.3) is 0 Å². The molecule has 1 aromatic heterocycles. The van der Waals surface area contributed by atoms with Gasteiger partial charge >= 0.3 is 0 Å². The van der Waals surface area contributed by atoms with Crippen molar-refractivity contribution >= 4 is 16.6 Å². The zero-order valence-electron chi connectivity index (χ0n) is 6.20. The number of nitrogens with zero attached hydrogens (tertiary/aromatic N) is 2. The van der Waals surface area contributed by atoms with Gasteiger partial charge in [0.1, 0.15) is 6.07 Å². The highest BCUT2D eigenvalue weighted by molar-refractivity contribution is 5.84. The van der Waals surface area contributed by atoms with Crippen LogP contribution in [0, 0.1) is 11.3 Å². The van der Waals surface area contributed by atoms with E-state index in [4.69, 9.17) is 11.0 Å². The Balaban J connectivity index is 2.84. The van der Waals surface area contributed by atoms with E-state index < -0.39 is 0 Å². The molecule has 0 spiro atoms. The monoisotopic (exact) mass is 158 g/mol. The summed E-state index contributed by atoms with van der Waals surface area (Å²) >= 11 is 0. The van der Waals surface area contributed by atoms with E-state index in [0.717, 1.165) is 10.9 Å². The molecule has 1 heterocycles. The molecule has 12 heavy (non-hydrogen) atoms. The van der Waals surface area contributed by atoms with Crippen molar-refractivity contribution < 1.29 is 0 Å². The minimum atomic E-state index is 0.478. The van der Waals surface area contributed by atoms with Crippen LogP contribution in [0.4, 0.5) is 5.69 Å². The lowest BCUT2D eigenvalue weighted by Crippen LogP contribution is -1.89. The van der Waals surface area contributed by atoms with Crippen LogP contribution in [0.1, 0.15) is 5.56 Å². The van der Waals surface area contributed by atoms with Gasteiger partial charge in [-0.1, -0.05) is 0 Å². The van der Waals surface area contributed by atoms with Gasteiger partial charge in [0.2, 0.25) is 0 Å². The number of benzene rings is 1. The van der Waals surface area contributed by atoms with Gasteiger partial charge in [0.15, 0.2) is 0 Å². The Bertz CT molecular complexity index is 463. The van der Waals surface area contributed by atoms with Gasteiger partial charge in [-0.2, -0.15) is 10.4 Å². The molecule has 0 saturated carbocycles. The van der Waals surface area contributed by atoms with Crippen molar-refractivity contribution in [3.05, 3.63) is 23.9 Å². The second kappa shape index (κ2) is 2.24. The zero-order valence-corrected chi connectivity index (χ0v) is 6.20. The zero-order chi connectivity index (χ0) is 8.55. The quantitative estimate of drug-likeness (QED) is 0.562. The molecular formula is C8H6N4. The number of aromatic amines is 1. The molecule has 0 aliphatic heterocycles. The third kappa shape index (κ3) is 0.805. The summed E-state index contributed by atoms with van der Waals surface area (Å²) < 4.78 is 0. The van der Waals surface area contributed by atoms with E-state index in [1.807, 2.05) is 6.07 Å². The smallest absolute Gasteiger partial charge is 0.101 e. The van der Waals surface area contributed by atoms with Crippen molar-refractivity contribution in [1.29, 1.82) is 5.26 Å². The summed E-state index contributed by atoms with van der Waals surface area (Å²) in [7, 11) is 0. The van der Waals surface area contributed by atoms with E-state index in [1.54, 1.807) is 18.3 Å². The highest BCUT2D eigenvalue weighted by Crippen LogP contribution is 2.18. The largest absolute Gasteiger partial charge is 0.398 e. The van der Waals surface area contributed by atoms with Crippen LogP contribution in [0.5, 0.6) is 0 Å². The molecule has 4 heteroatoms. The van der Waals surface area contributed by atoms with Crippen molar-refractivity contribution in [2.24, 2.45) is 0 Å². The summed E-state index contributed by atoms with van der Waals surface area (Å²) in [5.41, 5.74) is 7.40. The van der Waals surface area contributed by atoms with Crippen LogP contribution < -0.4 is 5.73 Å². The Labute approximate surface area is 68.6 Å². The molecule has 0 fully saturated rings. The van der Waals surface area contributed by atoms with E-state index in [0.29, 0.717) is 11.3 Å². The van der Waals surface area contributed by atoms with Crippen LogP contribution in [0.25, 0.3) is 10.9 Å². The van der Waals surface area contributed by atoms with Gasteiger partial charge in [0.05, 0.1) is 23.0 Å². The van der Waals surface area contributed by atoms with Crippen molar-refractivity contribution in [3.8, 4) is 6.07 Å². The minimum absolute atomic E-state index is 0.478. The first-order chi connectivity index (χ1) is 5.81. The van der Waals surface area contributed by atoms with Crippen LogP contribution in [0.3, 0.4) is 0 Å². The fourth-order valence-corrected chi connectivity index (χ4v) is 1.11. The first-order valence-electron chi connectivity index (χ1n) is 3.44. The van der Waals surface area contributed by atoms with Crippen molar-refractivity contribution in [2.75, 3.05) is 5.73 Å². The maximum absolute atomic E-state index is 8.65. The van der Waals surface area contributed by atoms with E-state index in [1.165, 1.54) is 0 Å². The summed E-state index contributed by atoms with van der Waals surface area (Å²) in [6.07, 6.45) is 1.67. The summed E-state index contributed by atoms with van der Waals surface area (Å²) in [4.78, 5) is 0. The van der Waals surface area contributed by atoms with Gasteiger partial charge in [0, 0.05) is 5.39 Å². The molecule has 0 bridgehead atoms.